The molecule has 2 aromatic carbocycles. The molecule has 208 valence electrons. The first-order valence-electron chi connectivity index (χ1n) is 12.2. The summed E-state index contributed by atoms with van der Waals surface area (Å²) in [5, 5.41) is 19.6. The Hall–Kier alpha value is -4.89. The van der Waals surface area contributed by atoms with Gasteiger partial charge in [0.2, 0.25) is 11.6 Å². The Balaban J connectivity index is 1.30. The summed E-state index contributed by atoms with van der Waals surface area (Å²) in [4.78, 5) is 15.3. The van der Waals surface area contributed by atoms with E-state index in [2.05, 4.69) is 40.7 Å². The SMILES string of the molecule is COc1cc(/C=N/NC(=O)c2c(CN3CCOCC3)nnn2-c2nonc2N)ccc1OCc1ccccc1F. The summed E-state index contributed by atoms with van der Waals surface area (Å²) >= 11 is 0. The van der Waals surface area contributed by atoms with E-state index in [4.69, 9.17) is 19.9 Å². The van der Waals surface area contributed by atoms with Gasteiger partial charge in [0.05, 0.1) is 26.5 Å². The van der Waals surface area contributed by atoms with Crippen LogP contribution in [0.3, 0.4) is 0 Å². The van der Waals surface area contributed by atoms with Crippen LogP contribution in [-0.2, 0) is 17.9 Å². The second-order valence-electron chi connectivity index (χ2n) is 8.65. The van der Waals surface area contributed by atoms with Crippen molar-refractivity contribution >= 4 is 17.9 Å². The van der Waals surface area contributed by atoms with Gasteiger partial charge < -0.3 is 19.9 Å². The van der Waals surface area contributed by atoms with Crippen molar-refractivity contribution in [3.63, 3.8) is 0 Å². The predicted octanol–water partition coefficient (Wildman–Crippen LogP) is 1.56. The third-order valence-electron chi connectivity index (χ3n) is 6.04. The van der Waals surface area contributed by atoms with Gasteiger partial charge in [0.25, 0.3) is 5.91 Å². The maximum Gasteiger partial charge on any atom is 0.292 e. The zero-order valence-corrected chi connectivity index (χ0v) is 21.5. The molecule has 0 atom stereocenters. The van der Waals surface area contributed by atoms with Crippen LogP contribution in [0.5, 0.6) is 11.5 Å². The molecule has 1 fully saturated rings. The van der Waals surface area contributed by atoms with Gasteiger partial charge in [-0.1, -0.05) is 23.4 Å². The Labute approximate surface area is 227 Å². The number of hydrogen-bond donors (Lipinski definition) is 2. The number of carbonyl (C=O) groups excluding carboxylic acids is 1. The minimum Gasteiger partial charge on any atom is -0.493 e. The smallest absolute Gasteiger partial charge is 0.292 e. The van der Waals surface area contributed by atoms with Crippen LogP contribution in [0, 0.1) is 5.82 Å². The second-order valence-corrected chi connectivity index (χ2v) is 8.65. The van der Waals surface area contributed by atoms with Gasteiger partial charge in [0, 0.05) is 25.2 Å². The van der Waals surface area contributed by atoms with E-state index >= 15 is 0 Å². The third-order valence-corrected chi connectivity index (χ3v) is 6.04. The van der Waals surface area contributed by atoms with E-state index in [0.717, 1.165) is 4.68 Å². The number of ether oxygens (including phenoxy) is 3. The fourth-order valence-electron chi connectivity index (χ4n) is 3.98. The van der Waals surface area contributed by atoms with Gasteiger partial charge >= 0.3 is 0 Å². The number of rotatable bonds is 10. The van der Waals surface area contributed by atoms with E-state index in [1.165, 1.54) is 19.4 Å². The normalized spacial score (nSPS) is 13.9. The van der Waals surface area contributed by atoms with Crippen LogP contribution >= 0.6 is 0 Å². The van der Waals surface area contributed by atoms with Crippen molar-refractivity contribution < 1.29 is 28.0 Å². The Morgan fingerprint density at radius 1 is 1.20 bits per heavy atom. The van der Waals surface area contributed by atoms with Crippen molar-refractivity contribution in [2.75, 3.05) is 39.1 Å². The second kappa shape index (κ2) is 12.3. The number of anilines is 1. The zero-order valence-electron chi connectivity index (χ0n) is 21.5. The van der Waals surface area contributed by atoms with Crippen LogP contribution in [0.2, 0.25) is 0 Å². The number of hydrazone groups is 1. The average molecular weight is 552 g/mol. The summed E-state index contributed by atoms with van der Waals surface area (Å²) < 4.78 is 36.3. The van der Waals surface area contributed by atoms with Crippen LogP contribution < -0.4 is 20.6 Å². The molecule has 1 saturated heterocycles. The monoisotopic (exact) mass is 551 g/mol. The molecule has 0 aliphatic carbocycles. The van der Waals surface area contributed by atoms with Crippen LogP contribution in [-0.4, -0.2) is 75.7 Å². The van der Waals surface area contributed by atoms with E-state index in [1.807, 2.05) is 0 Å². The summed E-state index contributed by atoms with van der Waals surface area (Å²) in [6.45, 7) is 2.91. The number of nitrogens with one attached hydrogen (secondary N) is 1. The molecule has 5 rings (SSSR count). The Kier molecular flexibility index (Phi) is 8.22. The number of morpholine rings is 1. The first-order chi connectivity index (χ1) is 19.5. The van der Waals surface area contributed by atoms with Crippen molar-refractivity contribution in [1.29, 1.82) is 0 Å². The highest BCUT2D eigenvalue weighted by Crippen LogP contribution is 2.28. The molecule has 15 heteroatoms. The van der Waals surface area contributed by atoms with E-state index in [0.29, 0.717) is 61.2 Å². The maximum absolute atomic E-state index is 13.9. The first-order valence-corrected chi connectivity index (χ1v) is 12.2. The largest absolute Gasteiger partial charge is 0.493 e. The molecule has 0 spiro atoms. The van der Waals surface area contributed by atoms with Crippen LogP contribution in [0.15, 0.2) is 52.2 Å². The van der Waals surface area contributed by atoms with Crippen LogP contribution in [0.1, 0.15) is 27.3 Å². The minimum atomic E-state index is -0.594. The Morgan fingerprint density at radius 3 is 2.77 bits per heavy atom. The van der Waals surface area contributed by atoms with Crippen molar-refractivity contribution in [3.05, 3.63) is 70.8 Å². The number of carbonyl (C=O) groups is 1. The Morgan fingerprint density at radius 2 is 2.02 bits per heavy atom. The number of hydrogen-bond acceptors (Lipinski definition) is 12. The van der Waals surface area contributed by atoms with Gasteiger partial charge in [0.1, 0.15) is 18.1 Å². The zero-order chi connectivity index (χ0) is 27.9. The van der Waals surface area contributed by atoms with E-state index < -0.39 is 5.91 Å². The predicted molar refractivity (Wildman–Crippen MR) is 139 cm³/mol. The van der Waals surface area contributed by atoms with Crippen molar-refractivity contribution in [2.24, 2.45) is 5.10 Å². The van der Waals surface area contributed by atoms with Crippen LogP contribution in [0.4, 0.5) is 10.2 Å². The van der Waals surface area contributed by atoms with Gasteiger partial charge in [-0.2, -0.15) is 9.78 Å². The molecule has 4 aromatic rings. The number of nitrogen functional groups attached to an aromatic ring is 1. The molecular weight excluding hydrogens is 525 g/mol. The number of methoxy groups -OCH3 is 1. The molecule has 40 heavy (non-hydrogen) atoms. The molecule has 0 bridgehead atoms. The van der Waals surface area contributed by atoms with E-state index in [9.17, 15) is 9.18 Å². The molecule has 1 amide bonds. The van der Waals surface area contributed by atoms with Crippen molar-refractivity contribution in [1.82, 2.24) is 35.6 Å². The minimum absolute atomic E-state index is 0.0329. The molecule has 3 N–H and O–H groups in total. The molecule has 1 aliphatic heterocycles. The summed E-state index contributed by atoms with van der Waals surface area (Å²) in [6.07, 6.45) is 1.43. The number of nitrogens with two attached hydrogens (primary N) is 1. The highest BCUT2D eigenvalue weighted by molar-refractivity contribution is 5.95. The lowest BCUT2D eigenvalue weighted by Gasteiger charge is -2.25. The van der Waals surface area contributed by atoms with Crippen molar-refractivity contribution in [3.8, 4) is 17.3 Å². The summed E-state index contributed by atoms with van der Waals surface area (Å²) in [5.41, 5.74) is 9.83. The lowest BCUT2D eigenvalue weighted by Crippen LogP contribution is -2.36. The standard InChI is InChI=1S/C25H26FN9O5/c1-37-21-12-16(6-7-20(21)39-15-17-4-2-3-5-18(17)26)13-28-30-25(36)22-19(14-34-8-10-38-11-9-34)29-33-35(22)24-23(27)31-40-32-24/h2-7,12-13H,8-11,14-15H2,1H3,(H2,27,31)(H,30,36)/b28-13+. The summed E-state index contributed by atoms with van der Waals surface area (Å²) in [7, 11) is 1.49. The fraction of sp³-hybridized carbons (Fsp3) is 0.280. The molecular formula is C25H26FN9O5. The molecule has 0 radical (unpaired) electrons. The topological polar surface area (TPSA) is 168 Å². The highest BCUT2D eigenvalue weighted by atomic mass is 19.1. The van der Waals surface area contributed by atoms with Gasteiger partial charge in [-0.25, -0.2) is 14.4 Å². The lowest BCUT2D eigenvalue weighted by atomic mass is 10.2. The third kappa shape index (κ3) is 6.05. The number of nitrogens with zero attached hydrogens (tertiary/aromatic N) is 7. The highest BCUT2D eigenvalue weighted by Gasteiger charge is 2.26. The molecule has 0 saturated carbocycles. The molecule has 3 heterocycles. The average Bonchev–Trinajstić information content (AvgIpc) is 3.59. The summed E-state index contributed by atoms with van der Waals surface area (Å²) in [5.74, 6) is -0.128. The molecule has 0 unspecified atom stereocenters. The maximum atomic E-state index is 13.9. The van der Waals surface area contributed by atoms with Crippen molar-refractivity contribution in [2.45, 2.75) is 13.2 Å². The quantitative estimate of drug-likeness (QED) is 0.217. The number of aromatic nitrogens is 5. The van der Waals surface area contributed by atoms with E-state index in [-0.39, 0.29) is 29.8 Å². The summed E-state index contributed by atoms with van der Waals surface area (Å²) in [6, 6.07) is 11.4. The van der Waals surface area contributed by atoms with Crippen LogP contribution in [0.25, 0.3) is 5.82 Å². The Bertz CT molecular complexity index is 1500. The fourth-order valence-corrected chi connectivity index (χ4v) is 3.98. The van der Waals surface area contributed by atoms with Gasteiger partial charge in [0.15, 0.2) is 17.2 Å². The van der Waals surface area contributed by atoms with Gasteiger partial charge in [-0.15, -0.1) is 5.10 Å². The van der Waals surface area contributed by atoms with E-state index in [1.54, 1.807) is 36.4 Å². The molecule has 1 aliphatic rings. The molecule has 2 aromatic heterocycles. The first kappa shape index (κ1) is 26.7. The van der Waals surface area contributed by atoms with Gasteiger partial charge in [-0.3, -0.25) is 9.69 Å². The van der Waals surface area contributed by atoms with Gasteiger partial charge in [-0.05, 0) is 40.1 Å². The molecule has 14 nitrogen and oxygen atoms in total. The number of amides is 1. The number of benzene rings is 2. The number of halogens is 1. The lowest BCUT2D eigenvalue weighted by molar-refractivity contribution is 0.0335.